The molecule has 0 N–H and O–H groups in total. The lowest BCUT2D eigenvalue weighted by Gasteiger charge is -2.21. The molecule has 3 nitrogen and oxygen atoms in total. The molecule has 4 atom stereocenters. The first-order chi connectivity index (χ1) is 11.4. The molecule has 2 aliphatic heterocycles. The molecular weight excluding hydrogens is 303 g/mol. The molecule has 2 heterocycles. The Balaban J connectivity index is 1.46. The van der Waals surface area contributed by atoms with E-state index in [0.717, 1.165) is 25.7 Å². The zero-order valence-corrected chi connectivity index (χ0v) is 14.0. The Bertz CT molecular complexity index is 610. The fourth-order valence-electron chi connectivity index (χ4n) is 3.60. The van der Waals surface area contributed by atoms with E-state index in [4.69, 9.17) is 0 Å². The Morgan fingerprint density at radius 2 is 1.35 bits per heavy atom. The lowest BCUT2D eigenvalue weighted by Crippen LogP contribution is -2.29. The molecule has 2 saturated heterocycles. The van der Waals surface area contributed by atoms with E-state index in [-0.39, 0.29) is 8.46 Å². The molecule has 0 spiro atoms. The number of rotatable bonds is 7. The van der Waals surface area contributed by atoms with Gasteiger partial charge in [0, 0.05) is 31.3 Å². The summed E-state index contributed by atoms with van der Waals surface area (Å²) in [5.74, 6) is 0. The van der Waals surface area contributed by atoms with Crippen LogP contribution in [0.25, 0.3) is 0 Å². The average Bonchev–Trinajstić information content (AvgIpc) is 3.52. The van der Waals surface area contributed by atoms with Gasteiger partial charge >= 0.3 is 0 Å². The summed E-state index contributed by atoms with van der Waals surface area (Å²) in [6.07, 6.45) is 2.12. The number of benzene rings is 2. The summed E-state index contributed by atoms with van der Waals surface area (Å²) in [6, 6.07) is 22.5. The van der Waals surface area contributed by atoms with Crippen LogP contribution in [0.4, 0.5) is 0 Å². The monoisotopic (exact) mass is 324 g/mol. The Morgan fingerprint density at radius 1 is 0.870 bits per heavy atom. The van der Waals surface area contributed by atoms with E-state index in [1.54, 1.807) is 0 Å². The van der Waals surface area contributed by atoms with Crippen LogP contribution in [0.2, 0.25) is 0 Å². The Kier molecular flexibility index (Phi) is 4.26. The first-order valence-electron chi connectivity index (χ1n) is 8.29. The van der Waals surface area contributed by atoms with Gasteiger partial charge in [0.1, 0.15) is 0 Å². The molecule has 0 amide bonds. The zero-order chi connectivity index (χ0) is 15.6. The van der Waals surface area contributed by atoms with Crippen molar-refractivity contribution in [2.75, 3.05) is 19.3 Å². The van der Waals surface area contributed by atoms with Crippen LogP contribution in [-0.2, 0) is 4.57 Å². The van der Waals surface area contributed by atoms with Crippen LogP contribution in [0.15, 0.2) is 60.7 Å². The summed E-state index contributed by atoms with van der Waals surface area (Å²) >= 11 is 0. The summed E-state index contributed by atoms with van der Waals surface area (Å²) in [5, 5.41) is 0. The molecule has 0 aromatic heterocycles. The van der Waals surface area contributed by atoms with Crippen LogP contribution < -0.4 is 0 Å². The quantitative estimate of drug-likeness (QED) is 0.565. The Labute approximate surface area is 139 Å². The van der Waals surface area contributed by atoms with Crippen LogP contribution in [0.5, 0.6) is 0 Å². The topological polar surface area (TPSA) is 23.1 Å². The molecular formula is C19H21N2OP. The lowest BCUT2D eigenvalue weighted by molar-refractivity contribution is 0.212. The minimum Gasteiger partial charge on any atom is -0.278 e. The second-order valence-corrected chi connectivity index (χ2v) is 7.07. The molecule has 2 aliphatic rings. The van der Waals surface area contributed by atoms with E-state index in [1.165, 1.54) is 11.1 Å². The minimum atomic E-state index is 0.258. The van der Waals surface area contributed by atoms with E-state index < -0.39 is 0 Å². The predicted octanol–water partition coefficient (Wildman–Crippen LogP) is 4.11. The maximum atomic E-state index is 11.0. The van der Waals surface area contributed by atoms with Gasteiger partial charge in [-0.1, -0.05) is 60.7 Å². The standard InChI is InChI=1S/C19H21N2OP/c22-23-12-11-19(20-13-17(20)15-7-3-1-4-8-15)21-14-18(21)16-9-5-2-6-10-16/h1-10,17-19H,11-14H2. The molecule has 4 rings (SSSR count). The van der Waals surface area contributed by atoms with E-state index >= 15 is 0 Å². The summed E-state index contributed by atoms with van der Waals surface area (Å²) in [6.45, 7) is 2.23. The zero-order valence-electron chi connectivity index (χ0n) is 13.1. The fraction of sp³-hybridized carbons (Fsp3) is 0.368. The second-order valence-electron chi connectivity index (χ2n) is 6.37. The molecule has 0 bridgehead atoms. The van der Waals surface area contributed by atoms with Gasteiger partial charge in [-0.25, -0.2) is 0 Å². The Hall–Kier alpha value is -1.54. The molecule has 4 heteroatoms. The summed E-state index contributed by atoms with van der Waals surface area (Å²) < 4.78 is 11.0. The van der Waals surface area contributed by atoms with Gasteiger partial charge in [-0.05, 0) is 17.5 Å². The van der Waals surface area contributed by atoms with Gasteiger partial charge in [0.05, 0.1) is 6.17 Å². The van der Waals surface area contributed by atoms with E-state index in [0.29, 0.717) is 18.2 Å². The third-order valence-corrected chi connectivity index (χ3v) is 5.35. The molecule has 0 saturated carbocycles. The van der Waals surface area contributed by atoms with E-state index in [9.17, 15) is 4.57 Å². The molecule has 0 aliphatic carbocycles. The largest absolute Gasteiger partial charge is 0.278 e. The molecule has 0 radical (unpaired) electrons. The molecule has 2 fully saturated rings. The van der Waals surface area contributed by atoms with Gasteiger partial charge in [0.15, 0.2) is 8.46 Å². The third-order valence-electron chi connectivity index (χ3n) is 4.91. The minimum absolute atomic E-state index is 0.258. The van der Waals surface area contributed by atoms with Crippen molar-refractivity contribution in [2.24, 2.45) is 0 Å². The Morgan fingerprint density at radius 3 is 1.78 bits per heavy atom. The SMILES string of the molecule is O=PCCC(N1CC1c1ccccc1)N1CC1c1ccccc1. The predicted molar refractivity (Wildman–Crippen MR) is 92.7 cm³/mol. The molecule has 2 aromatic carbocycles. The van der Waals surface area contributed by atoms with E-state index in [2.05, 4.69) is 70.5 Å². The maximum absolute atomic E-state index is 11.0. The number of hydrogen-bond acceptors (Lipinski definition) is 3. The molecule has 23 heavy (non-hydrogen) atoms. The van der Waals surface area contributed by atoms with E-state index in [1.807, 2.05) is 0 Å². The van der Waals surface area contributed by atoms with Crippen LogP contribution in [0.3, 0.4) is 0 Å². The molecule has 4 unspecified atom stereocenters. The average molecular weight is 324 g/mol. The van der Waals surface area contributed by atoms with Gasteiger partial charge in [0.2, 0.25) is 0 Å². The van der Waals surface area contributed by atoms with Crippen molar-refractivity contribution >= 4 is 8.46 Å². The van der Waals surface area contributed by atoms with Gasteiger partial charge in [-0.2, -0.15) is 0 Å². The maximum Gasteiger partial charge on any atom is 0.155 e. The van der Waals surface area contributed by atoms with Crippen molar-refractivity contribution in [1.29, 1.82) is 0 Å². The summed E-state index contributed by atoms with van der Waals surface area (Å²) in [7, 11) is 0.258. The van der Waals surface area contributed by atoms with Gasteiger partial charge in [0.25, 0.3) is 0 Å². The fourth-order valence-corrected chi connectivity index (χ4v) is 3.93. The van der Waals surface area contributed by atoms with Crippen LogP contribution in [0.1, 0.15) is 29.6 Å². The first-order valence-corrected chi connectivity index (χ1v) is 9.29. The highest BCUT2D eigenvalue weighted by molar-refractivity contribution is 7.23. The second kappa shape index (κ2) is 6.52. The third kappa shape index (κ3) is 3.23. The number of nitrogens with zero attached hydrogens (tertiary/aromatic N) is 2. The highest BCUT2D eigenvalue weighted by Crippen LogP contribution is 2.46. The van der Waals surface area contributed by atoms with Crippen molar-refractivity contribution in [1.82, 2.24) is 9.80 Å². The van der Waals surface area contributed by atoms with Crippen molar-refractivity contribution in [3.05, 3.63) is 71.8 Å². The smallest absolute Gasteiger partial charge is 0.155 e. The summed E-state index contributed by atoms with van der Waals surface area (Å²) in [5.41, 5.74) is 2.80. The van der Waals surface area contributed by atoms with Crippen LogP contribution in [-0.4, -0.2) is 35.2 Å². The first kappa shape index (κ1) is 15.0. The normalized spacial score (nSPS) is 30.1. The van der Waals surface area contributed by atoms with Crippen molar-refractivity contribution in [3.63, 3.8) is 0 Å². The number of hydrogen-bond donors (Lipinski definition) is 0. The van der Waals surface area contributed by atoms with Gasteiger partial charge < -0.3 is 0 Å². The lowest BCUT2D eigenvalue weighted by atomic mass is 10.1. The van der Waals surface area contributed by atoms with Crippen molar-refractivity contribution in [3.8, 4) is 0 Å². The van der Waals surface area contributed by atoms with Crippen LogP contribution >= 0.6 is 8.46 Å². The summed E-state index contributed by atoms with van der Waals surface area (Å²) in [4.78, 5) is 5.09. The molecule has 2 aromatic rings. The van der Waals surface area contributed by atoms with Gasteiger partial charge in [-0.15, -0.1) is 0 Å². The molecule has 118 valence electrons. The highest BCUT2D eigenvalue weighted by atomic mass is 31.1. The highest BCUT2D eigenvalue weighted by Gasteiger charge is 2.49. The van der Waals surface area contributed by atoms with Crippen molar-refractivity contribution < 1.29 is 4.57 Å². The van der Waals surface area contributed by atoms with Crippen molar-refractivity contribution in [2.45, 2.75) is 24.7 Å². The van der Waals surface area contributed by atoms with Gasteiger partial charge in [-0.3, -0.25) is 14.4 Å². The van der Waals surface area contributed by atoms with Crippen LogP contribution in [0, 0.1) is 0 Å².